The Kier molecular flexibility index (Phi) is 19.3. The summed E-state index contributed by atoms with van der Waals surface area (Å²) in [5, 5.41) is 10.8. The Balaban J connectivity index is 1.74. The quantitative estimate of drug-likeness (QED) is 0.0259. The van der Waals surface area contributed by atoms with Gasteiger partial charge >= 0.3 is 35.8 Å². The number of aromatic carboxylic acids is 1. The molecular formula is C53H62N2O16. The van der Waals surface area contributed by atoms with Gasteiger partial charge in [-0.05, 0) is 110 Å². The van der Waals surface area contributed by atoms with Gasteiger partial charge in [0.15, 0.2) is 5.43 Å². The first-order chi connectivity index (χ1) is 34.0. The topological polar surface area (TPSA) is 224 Å². The molecule has 0 amide bonds. The maximum atomic E-state index is 13.9. The van der Waals surface area contributed by atoms with Crippen molar-refractivity contribution in [2.24, 2.45) is 0 Å². The fraction of sp³-hybridized carbons (Fsp3) is 0.415. The van der Waals surface area contributed by atoms with Gasteiger partial charge in [-0.15, -0.1) is 0 Å². The molecule has 0 aromatic heterocycles. The molecule has 2 atom stereocenters. The van der Waals surface area contributed by atoms with Crippen LogP contribution in [0, 0.1) is 13.8 Å². The largest absolute Gasteiger partial charge is 0.488 e. The third-order valence-electron chi connectivity index (χ3n) is 11.4. The molecule has 5 rings (SSSR count). The number of esters is 5. The van der Waals surface area contributed by atoms with Crippen molar-refractivity contribution in [3.8, 4) is 33.9 Å². The minimum absolute atomic E-state index is 0.0271. The molecule has 3 aromatic rings. The molecule has 0 saturated carbocycles. The lowest BCUT2D eigenvalue weighted by Gasteiger charge is -2.31. The molecule has 18 nitrogen and oxygen atoms in total. The van der Waals surface area contributed by atoms with E-state index in [0.717, 1.165) is 5.56 Å². The number of hydrogen-bond donors (Lipinski definition) is 1. The molecular weight excluding hydrogens is 921 g/mol. The predicted molar refractivity (Wildman–Crippen MR) is 264 cm³/mol. The van der Waals surface area contributed by atoms with E-state index >= 15 is 0 Å². The van der Waals surface area contributed by atoms with Crippen molar-refractivity contribution < 1.29 is 71.4 Å². The number of carbonyl (C=O) groups is 6. The summed E-state index contributed by atoms with van der Waals surface area (Å²) < 4.78 is 45.9. The Morgan fingerprint density at radius 3 is 1.73 bits per heavy atom. The van der Waals surface area contributed by atoms with E-state index in [9.17, 15) is 38.7 Å². The molecule has 18 heteroatoms. The van der Waals surface area contributed by atoms with Crippen molar-refractivity contribution in [1.82, 2.24) is 0 Å². The van der Waals surface area contributed by atoms with Crippen LogP contribution in [0.25, 0.3) is 33.4 Å². The molecule has 71 heavy (non-hydrogen) atoms. The molecule has 1 aliphatic heterocycles. The zero-order valence-electron chi connectivity index (χ0n) is 41.7. The monoisotopic (exact) mass is 982 g/mol. The van der Waals surface area contributed by atoms with Gasteiger partial charge in [0, 0.05) is 40.1 Å². The van der Waals surface area contributed by atoms with Crippen molar-refractivity contribution >= 4 is 58.2 Å². The second kappa shape index (κ2) is 25.3. The van der Waals surface area contributed by atoms with Gasteiger partial charge in [0.1, 0.15) is 61.2 Å². The summed E-state index contributed by atoms with van der Waals surface area (Å²) in [5.41, 5.74) is 2.47. The average molecular weight is 983 g/mol. The summed E-state index contributed by atoms with van der Waals surface area (Å²) in [5.74, 6) is -3.69. The number of hydrogen-bond acceptors (Lipinski definition) is 17. The Labute approximate surface area is 412 Å². The van der Waals surface area contributed by atoms with Crippen LogP contribution < -0.4 is 24.7 Å². The van der Waals surface area contributed by atoms with Crippen LogP contribution in [-0.2, 0) is 54.1 Å². The Morgan fingerprint density at radius 2 is 1.17 bits per heavy atom. The number of fused-ring (bicyclic) bond motifs is 2. The molecule has 3 aromatic carbocycles. The summed E-state index contributed by atoms with van der Waals surface area (Å²) >= 11 is 0. The van der Waals surface area contributed by atoms with E-state index in [4.69, 9.17) is 37.6 Å². The fourth-order valence-electron chi connectivity index (χ4n) is 8.04. The van der Waals surface area contributed by atoms with Gasteiger partial charge in [0.05, 0.1) is 50.0 Å². The molecule has 0 saturated heterocycles. The SMILES string of the molecule is CCOC(=O)CCc1cc2c(-c3ccccc3C(=O)O)c3cc(OCCOc4cc(C)ccc4N(CC(=O)OCC)C(C)C(=O)OCC)c(N(CC(=O)OCC)C(C)C(=O)OCC)cc3oc-2c(C)c1=O. The third-order valence-corrected chi connectivity index (χ3v) is 11.4. The fourth-order valence-corrected chi connectivity index (χ4v) is 8.04. The van der Waals surface area contributed by atoms with E-state index in [1.165, 1.54) is 21.9 Å². The normalized spacial score (nSPS) is 11.8. The van der Waals surface area contributed by atoms with Gasteiger partial charge in [-0.25, -0.2) is 14.4 Å². The number of aryl methyl sites for hydroxylation is 2. The van der Waals surface area contributed by atoms with E-state index in [1.807, 2.05) is 6.92 Å². The highest BCUT2D eigenvalue weighted by atomic mass is 16.6. The number of carbonyl (C=O) groups excluding carboxylic acids is 5. The van der Waals surface area contributed by atoms with Crippen molar-refractivity contribution in [1.29, 1.82) is 0 Å². The summed E-state index contributed by atoms with van der Waals surface area (Å²) in [4.78, 5) is 95.1. The number of rotatable bonds is 25. The van der Waals surface area contributed by atoms with Gasteiger partial charge in [-0.2, -0.15) is 0 Å². The minimum atomic E-state index is -1.23. The standard InChI is InChI=1S/C53H62N2O16/c1-10-64-45(56)22-20-35-26-39-48(36-17-15-16-18-37(36)51(60)61)38-27-44(41(28-42(38)71-50(39)32(7)49(35)59)55(30-47(58)66-12-3)34(9)53(63)68-14-5)70-24-23-69-43-25-31(6)19-21-40(43)54(29-46(57)65-11-2)33(8)52(62)67-13-4/h15-19,21,25-28,33-34H,10-14,20,22-24,29-30H2,1-9H3,(H,60,61). The number of carboxylic acid groups (broad SMARTS) is 1. The van der Waals surface area contributed by atoms with E-state index < -0.39 is 59.9 Å². The maximum absolute atomic E-state index is 13.9. The molecule has 0 radical (unpaired) electrons. The molecule has 0 spiro atoms. The number of benzene rings is 4. The van der Waals surface area contributed by atoms with Crippen molar-refractivity contribution in [3.05, 3.63) is 93.1 Å². The second-order valence-corrected chi connectivity index (χ2v) is 16.2. The first-order valence-corrected chi connectivity index (χ1v) is 23.6. The van der Waals surface area contributed by atoms with Crippen LogP contribution in [0.2, 0.25) is 0 Å². The van der Waals surface area contributed by atoms with E-state index in [1.54, 1.807) is 104 Å². The lowest BCUT2D eigenvalue weighted by atomic mass is 9.87. The van der Waals surface area contributed by atoms with Gasteiger partial charge in [0.2, 0.25) is 0 Å². The van der Waals surface area contributed by atoms with Crippen molar-refractivity contribution in [2.45, 2.75) is 87.2 Å². The summed E-state index contributed by atoms with van der Waals surface area (Å²) in [6.07, 6.45) is -0.0601. The third kappa shape index (κ3) is 13.2. The van der Waals surface area contributed by atoms with Crippen LogP contribution in [0.15, 0.2) is 69.9 Å². The Bertz CT molecular complexity index is 2760. The van der Waals surface area contributed by atoms with Crippen LogP contribution in [0.3, 0.4) is 0 Å². The number of anilines is 2. The molecule has 0 bridgehead atoms. The first-order valence-electron chi connectivity index (χ1n) is 23.6. The van der Waals surface area contributed by atoms with Crippen LogP contribution >= 0.6 is 0 Å². The summed E-state index contributed by atoms with van der Waals surface area (Å²) in [6, 6.07) is 14.3. The lowest BCUT2D eigenvalue weighted by Crippen LogP contribution is -2.44. The van der Waals surface area contributed by atoms with Gasteiger partial charge in [0.25, 0.3) is 0 Å². The minimum Gasteiger partial charge on any atom is -0.488 e. The Hall–Kier alpha value is -7.63. The zero-order chi connectivity index (χ0) is 51.9. The second-order valence-electron chi connectivity index (χ2n) is 16.2. The molecule has 1 N–H and O–H groups in total. The number of carboxylic acids is 1. The number of ether oxygens (including phenoxy) is 7. The van der Waals surface area contributed by atoms with E-state index in [0.29, 0.717) is 28.0 Å². The molecule has 1 aliphatic carbocycles. The molecule has 380 valence electrons. The Morgan fingerprint density at radius 1 is 0.634 bits per heavy atom. The van der Waals surface area contributed by atoms with E-state index in [2.05, 4.69) is 0 Å². The highest BCUT2D eigenvalue weighted by Gasteiger charge is 2.32. The van der Waals surface area contributed by atoms with Crippen LogP contribution in [0.4, 0.5) is 11.4 Å². The lowest BCUT2D eigenvalue weighted by molar-refractivity contribution is -0.146. The molecule has 0 fully saturated rings. The van der Waals surface area contributed by atoms with Crippen LogP contribution in [0.1, 0.15) is 81.9 Å². The van der Waals surface area contributed by atoms with Crippen molar-refractivity contribution in [2.75, 3.05) is 69.1 Å². The molecule has 2 unspecified atom stereocenters. The summed E-state index contributed by atoms with van der Waals surface area (Å²) in [7, 11) is 0. The van der Waals surface area contributed by atoms with E-state index in [-0.39, 0.29) is 111 Å². The average Bonchev–Trinajstić information content (AvgIpc) is 3.34. The highest BCUT2D eigenvalue weighted by molar-refractivity contribution is 6.09. The van der Waals surface area contributed by atoms with Gasteiger partial charge in [-0.1, -0.05) is 24.3 Å². The van der Waals surface area contributed by atoms with Gasteiger partial charge < -0.3 is 52.5 Å². The smallest absolute Gasteiger partial charge is 0.336 e. The van der Waals surface area contributed by atoms with Crippen molar-refractivity contribution in [3.63, 3.8) is 0 Å². The maximum Gasteiger partial charge on any atom is 0.336 e. The predicted octanol–water partition coefficient (Wildman–Crippen LogP) is 7.48. The molecule has 2 aliphatic rings. The van der Waals surface area contributed by atoms with Gasteiger partial charge in [-0.3, -0.25) is 19.2 Å². The highest BCUT2D eigenvalue weighted by Crippen LogP contribution is 2.46. The molecule has 1 heterocycles. The zero-order valence-corrected chi connectivity index (χ0v) is 41.7. The first kappa shape index (κ1) is 54.3. The van der Waals surface area contributed by atoms with Crippen LogP contribution in [-0.4, -0.2) is 112 Å². The number of nitrogens with zero attached hydrogens (tertiary/aromatic N) is 2. The van der Waals surface area contributed by atoms with Crippen LogP contribution in [0.5, 0.6) is 11.5 Å². The summed E-state index contributed by atoms with van der Waals surface area (Å²) in [6.45, 7) is 14.3.